The molecule has 5 aliphatic carbocycles. The fraction of sp³-hybridized carbons (Fsp3) is 0.268. The molecule has 0 amide bonds. The third-order valence-electron chi connectivity index (χ3n) is 32.7. The molecular formula is C123H128N2. The molecule has 0 unspecified atom stereocenters. The largest absolute Gasteiger partial charge is 0.310 e. The van der Waals surface area contributed by atoms with Gasteiger partial charge in [-0.25, -0.2) is 0 Å². The van der Waals surface area contributed by atoms with Crippen molar-refractivity contribution in [2.24, 2.45) is 0 Å². The predicted octanol–water partition coefficient (Wildman–Crippen LogP) is 35.1. The Labute approximate surface area is 749 Å². The summed E-state index contributed by atoms with van der Waals surface area (Å²) in [5.74, 6) is 0. The molecule has 0 saturated carbocycles. The maximum atomic E-state index is 2.55. The highest BCUT2D eigenvalue weighted by molar-refractivity contribution is 5.93. The molecule has 125 heavy (non-hydrogen) atoms. The molecule has 2 heteroatoms. The van der Waals surface area contributed by atoms with Crippen LogP contribution in [0.2, 0.25) is 0 Å². The van der Waals surface area contributed by atoms with Crippen LogP contribution in [0.3, 0.4) is 0 Å². The number of nitrogens with zero attached hydrogens (tertiary/aromatic N) is 2. The van der Waals surface area contributed by atoms with Crippen molar-refractivity contribution < 1.29 is 0 Å². The van der Waals surface area contributed by atoms with Crippen LogP contribution >= 0.6 is 0 Å². The molecule has 0 saturated heterocycles. The maximum absolute atomic E-state index is 2.55. The zero-order chi connectivity index (χ0) is 85.4. The van der Waals surface area contributed by atoms with E-state index < -0.39 is 0 Å². The first-order valence-electron chi connectivity index (χ1n) is 44.4. The van der Waals surface area contributed by atoms with E-state index >= 15 is 0 Å². The van der Waals surface area contributed by atoms with Gasteiger partial charge in [0.1, 0.15) is 0 Å². The number of anilines is 6. The Morgan fingerprint density at radius 3 is 0.640 bits per heavy atom. The molecule has 15 aromatic carbocycles. The monoisotopic (exact) mass is 1630 g/mol. The van der Waals surface area contributed by atoms with Crippen molar-refractivity contribution in [2.75, 3.05) is 9.80 Å². The molecule has 0 atom stereocenters. The molecule has 0 heterocycles. The summed E-state index contributed by atoms with van der Waals surface area (Å²) >= 11 is 0. The first-order valence-corrected chi connectivity index (χ1v) is 44.4. The van der Waals surface area contributed by atoms with Crippen molar-refractivity contribution in [1.29, 1.82) is 0 Å². The third-order valence-corrected chi connectivity index (χ3v) is 32.7. The van der Waals surface area contributed by atoms with Gasteiger partial charge in [-0.3, -0.25) is 0 Å². The van der Waals surface area contributed by atoms with Crippen LogP contribution in [0, 0.1) is 0 Å². The van der Waals surface area contributed by atoms with Gasteiger partial charge in [0.2, 0.25) is 0 Å². The van der Waals surface area contributed by atoms with Gasteiger partial charge in [-0.1, -0.05) is 403 Å². The number of benzene rings is 15. The van der Waals surface area contributed by atoms with Crippen LogP contribution in [0.4, 0.5) is 34.1 Å². The van der Waals surface area contributed by atoms with E-state index in [-0.39, 0.29) is 76.4 Å². The molecule has 15 aromatic rings. The molecule has 0 aliphatic heterocycles. The van der Waals surface area contributed by atoms with E-state index in [0.29, 0.717) is 0 Å². The molecule has 0 bridgehead atoms. The van der Waals surface area contributed by atoms with Gasteiger partial charge in [0.15, 0.2) is 0 Å². The van der Waals surface area contributed by atoms with E-state index in [2.05, 4.69) is 488 Å². The zero-order valence-corrected chi connectivity index (χ0v) is 75.2. The number of fused-ring (bicyclic) bond motifs is 15. The van der Waals surface area contributed by atoms with Crippen LogP contribution < -0.4 is 9.80 Å². The van der Waals surface area contributed by atoms with Crippen molar-refractivity contribution in [1.82, 2.24) is 0 Å². The minimum absolute atomic E-state index is 0. The lowest BCUT2D eigenvalue weighted by Crippen LogP contribution is -2.43. The van der Waals surface area contributed by atoms with Crippen molar-refractivity contribution in [3.63, 3.8) is 0 Å². The van der Waals surface area contributed by atoms with E-state index in [1.807, 2.05) is 0 Å². The molecule has 0 spiro atoms. The smallest absolute Gasteiger partial charge is 0.0468 e. The second-order valence-corrected chi connectivity index (χ2v) is 41.0. The Morgan fingerprint density at radius 2 is 0.328 bits per heavy atom. The van der Waals surface area contributed by atoms with Crippen molar-refractivity contribution >= 4 is 34.1 Å². The average Bonchev–Trinajstić information content (AvgIpc) is 0.723. The van der Waals surface area contributed by atoms with Crippen molar-refractivity contribution in [2.45, 2.75) is 215 Å². The standard InChI is InChI=1S/C66H65N.C54H51N.3CH4/c1-61(2)55-27-18-16-25-49(55)53-39-46(31-35-58(53)63(61,5)6)67(47-32-36-59-54(40-47)50-26-17-19-28-56(50)62(3,4)64(59,7)8)48-30-33-51-52-38-45(29-34-57(52)65(9,10)66(11,12)60(51)41-48)44-24-20-23-43(37-44)42-21-14-13-15-22-42;1-51(2)47-25-16-15-24-43(47)46-34-41(28-31-49(46)52(51,3)4)55(40-22-13-10-14-23-40)42-27-29-44-45-33-39(26-30-48(45)53(5,6)54(7,8)50(44)35-42)38-21-17-20-37(32-38)36-18-11-9-12-19-36;;;/h13-41H,1-12H3;9-35H,1-8H3;3*1H4. The minimum atomic E-state index is -0.180. The Morgan fingerprint density at radius 1 is 0.128 bits per heavy atom. The summed E-state index contributed by atoms with van der Waals surface area (Å²) in [6.07, 6.45) is 0. The van der Waals surface area contributed by atoms with Gasteiger partial charge in [0.05, 0.1) is 0 Å². The summed E-state index contributed by atoms with van der Waals surface area (Å²) in [5, 5.41) is 0. The van der Waals surface area contributed by atoms with Crippen LogP contribution in [0.1, 0.15) is 216 Å². The van der Waals surface area contributed by atoms with Gasteiger partial charge in [0.25, 0.3) is 0 Å². The lowest BCUT2D eigenvalue weighted by molar-refractivity contribution is 0.299. The number of hydrogen-bond donors (Lipinski definition) is 0. The normalized spacial score (nSPS) is 16.9. The summed E-state index contributed by atoms with van der Waals surface area (Å²) < 4.78 is 0. The quantitative estimate of drug-likeness (QED) is 0.135. The summed E-state index contributed by atoms with van der Waals surface area (Å²) in [4.78, 5) is 5.01. The Balaban J connectivity index is 0.000000183. The molecule has 20 rings (SSSR count). The van der Waals surface area contributed by atoms with E-state index in [0.717, 1.165) is 5.69 Å². The second-order valence-electron chi connectivity index (χ2n) is 41.0. The van der Waals surface area contributed by atoms with Crippen LogP contribution in [0.25, 0.3) is 100 Å². The topological polar surface area (TPSA) is 6.48 Å². The van der Waals surface area contributed by atoms with Gasteiger partial charge in [0, 0.05) is 34.1 Å². The fourth-order valence-corrected chi connectivity index (χ4v) is 21.8. The van der Waals surface area contributed by atoms with Gasteiger partial charge in [-0.15, -0.1) is 0 Å². The third kappa shape index (κ3) is 13.1. The molecule has 2 nitrogen and oxygen atoms in total. The second kappa shape index (κ2) is 30.7. The first-order chi connectivity index (χ1) is 58.1. The Kier molecular flexibility index (Phi) is 21.2. The Hall–Kier alpha value is -12.1. The maximum Gasteiger partial charge on any atom is 0.0468 e. The van der Waals surface area contributed by atoms with E-state index in [9.17, 15) is 0 Å². The molecule has 630 valence electrons. The van der Waals surface area contributed by atoms with Gasteiger partial charge < -0.3 is 9.80 Å². The molecule has 0 radical (unpaired) electrons. The van der Waals surface area contributed by atoms with Gasteiger partial charge in [-0.05, 0) is 307 Å². The highest BCUT2D eigenvalue weighted by Crippen LogP contribution is 2.63. The van der Waals surface area contributed by atoms with E-state index in [4.69, 9.17) is 0 Å². The van der Waals surface area contributed by atoms with Gasteiger partial charge in [-0.2, -0.15) is 0 Å². The highest BCUT2D eigenvalue weighted by atomic mass is 15.1. The fourth-order valence-electron chi connectivity index (χ4n) is 21.8. The van der Waals surface area contributed by atoms with Crippen molar-refractivity contribution in [3.05, 3.63) is 395 Å². The van der Waals surface area contributed by atoms with Gasteiger partial charge >= 0.3 is 0 Å². The Bertz CT molecular complexity index is 6570. The zero-order valence-electron chi connectivity index (χ0n) is 75.2. The first kappa shape index (κ1) is 86.4. The molecule has 0 N–H and O–H groups in total. The number of rotatable bonds is 10. The molecular weight excluding hydrogens is 1510 g/mol. The van der Waals surface area contributed by atoms with E-state index in [1.54, 1.807) is 0 Å². The lowest BCUT2D eigenvalue weighted by Gasteiger charge is -2.49. The molecule has 0 fully saturated rings. The number of para-hydroxylation sites is 1. The van der Waals surface area contributed by atoms with Crippen LogP contribution in [-0.4, -0.2) is 0 Å². The van der Waals surface area contributed by atoms with Crippen LogP contribution in [0.15, 0.2) is 340 Å². The van der Waals surface area contributed by atoms with Crippen molar-refractivity contribution in [3.8, 4) is 100 Å². The summed E-state index contributed by atoms with van der Waals surface area (Å²) in [6.45, 7) is 48.5. The summed E-state index contributed by atoms with van der Waals surface area (Å²) in [6, 6.07) is 128. The van der Waals surface area contributed by atoms with Crippen LogP contribution in [0.5, 0.6) is 0 Å². The highest BCUT2D eigenvalue weighted by Gasteiger charge is 2.52. The SMILES string of the molecule is C.C.C.CC1(C)c2ccccc2-c2cc(N(c3ccc4c(c3)-c3ccccc3C(C)(C)C4(C)C)c3ccc4c(c3)C(C)(C)C(C)(C)c3ccc(-c5cccc(-c6ccccc6)c5)cc3-4)ccc2C1(C)C.CC1(C)c2ccccc2-c2cc(N(c3ccccc3)c3ccc4c(c3)C(C)(C)C(C)(C)c3ccc(-c5cccc(-c6ccccc6)c5)cc3-4)ccc2C1(C)C. The number of hydrogen-bond acceptors (Lipinski definition) is 2. The lowest BCUT2D eigenvalue weighted by atomic mass is 9.55. The van der Waals surface area contributed by atoms with Crippen LogP contribution in [-0.2, 0) is 54.1 Å². The molecule has 0 aromatic heterocycles. The molecule has 5 aliphatic rings. The minimum Gasteiger partial charge on any atom is -0.310 e. The summed E-state index contributed by atoms with van der Waals surface area (Å²) in [7, 11) is 0. The average molecular weight is 1630 g/mol. The summed E-state index contributed by atoms with van der Waals surface area (Å²) in [5.41, 5.74) is 43.3. The predicted molar refractivity (Wildman–Crippen MR) is 542 cm³/mol. The van der Waals surface area contributed by atoms with E-state index in [1.165, 1.54) is 184 Å².